The number of rotatable bonds is 4. The fourth-order valence-corrected chi connectivity index (χ4v) is 2.38. The summed E-state index contributed by atoms with van der Waals surface area (Å²) in [6.07, 6.45) is 0. The highest BCUT2D eigenvalue weighted by atomic mass is 19.2. The Labute approximate surface area is 151 Å². The smallest absolute Gasteiger partial charge is 0.319 e. The minimum Gasteiger partial charge on any atom is -0.454 e. The Morgan fingerprint density at radius 1 is 1.07 bits per heavy atom. The molecular formula is C17H12F2N4O4. The SMILES string of the molecule is O=C(NCc1nc(-c2ccc3c(c2)OCO3)no1)Nc1ccc(F)c(F)c1. The third-order valence-corrected chi connectivity index (χ3v) is 3.68. The van der Waals surface area contributed by atoms with Crippen LogP contribution in [0.25, 0.3) is 11.4 Å². The number of fused-ring (bicyclic) bond motifs is 1. The molecular weight excluding hydrogens is 362 g/mol. The van der Waals surface area contributed by atoms with E-state index in [4.69, 9.17) is 14.0 Å². The van der Waals surface area contributed by atoms with Crippen LogP contribution in [0.15, 0.2) is 40.9 Å². The van der Waals surface area contributed by atoms with Gasteiger partial charge in [0, 0.05) is 17.3 Å². The summed E-state index contributed by atoms with van der Waals surface area (Å²) >= 11 is 0. The van der Waals surface area contributed by atoms with Crippen LogP contribution in [0.3, 0.4) is 0 Å². The van der Waals surface area contributed by atoms with E-state index in [0.29, 0.717) is 22.9 Å². The number of carbonyl (C=O) groups excluding carboxylic acids is 1. The molecule has 138 valence electrons. The topological polar surface area (TPSA) is 98.5 Å². The largest absolute Gasteiger partial charge is 0.454 e. The lowest BCUT2D eigenvalue weighted by molar-refractivity contribution is 0.174. The molecule has 1 aliphatic rings. The van der Waals surface area contributed by atoms with E-state index in [9.17, 15) is 13.6 Å². The Kier molecular flexibility index (Phi) is 4.29. The Balaban J connectivity index is 1.36. The van der Waals surface area contributed by atoms with Gasteiger partial charge in [-0.1, -0.05) is 5.16 Å². The van der Waals surface area contributed by atoms with Crippen LogP contribution in [0.5, 0.6) is 11.5 Å². The van der Waals surface area contributed by atoms with Crippen molar-refractivity contribution in [2.75, 3.05) is 12.1 Å². The van der Waals surface area contributed by atoms with Crippen molar-refractivity contribution in [1.29, 1.82) is 0 Å². The fraction of sp³-hybridized carbons (Fsp3) is 0.118. The molecule has 10 heteroatoms. The highest BCUT2D eigenvalue weighted by Crippen LogP contribution is 2.35. The van der Waals surface area contributed by atoms with Crippen molar-refractivity contribution in [2.24, 2.45) is 0 Å². The zero-order chi connectivity index (χ0) is 18.8. The van der Waals surface area contributed by atoms with Crippen molar-refractivity contribution < 1.29 is 27.6 Å². The summed E-state index contributed by atoms with van der Waals surface area (Å²) in [5.74, 6) is -0.337. The Hall–Kier alpha value is -3.69. The number of halogens is 2. The Bertz CT molecular complexity index is 1010. The molecule has 0 unspecified atom stereocenters. The van der Waals surface area contributed by atoms with Gasteiger partial charge in [0.1, 0.15) is 0 Å². The molecule has 0 saturated heterocycles. The summed E-state index contributed by atoms with van der Waals surface area (Å²) in [4.78, 5) is 16.0. The van der Waals surface area contributed by atoms with E-state index in [1.807, 2.05) is 0 Å². The van der Waals surface area contributed by atoms with Crippen molar-refractivity contribution >= 4 is 11.7 Å². The van der Waals surface area contributed by atoms with Crippen LogP contribution in [0.2, 0.25) is 0 Å². The van der Waals surface area contributed by atoms with Gasteiger partial charge in [0.25, 0.3) is 0 Å². The number of aromatic nitrogens is 2. The van der Waals surface area contributed by atoms with Crippen LogP contribution < -0.4 is 20.1 Å². The number of benzene rings is 2. The fourth-order valence-electron chi connectivity index (χ4n) is 2.38. The van der Waals surface area contributed by atoms with E-state index in [1.54, 1.807) is 18.2 Å². The van der Waals surface area contributed by atoms with E-state index in [0.717, 1.165) is 12.1 Å². The molecule has 2 N–H and O–H groups in total. The first-order valence-electron chi connectivity index (χ1n) is 7.81. The number of nitrogens with zero attached hydrogens (tertiary/aromatic N) is 2. The van der Waals surface area contributed by atoms with Crippen molar-refractivity contribution in [3.63, 3.8) is 0 Å². The molecule has 0 atom stereocenters. The number of amides is 2. The first-order valence-corrected chi connectivity index (χ1v) is 7.81. The van der Waals surface area contributed by atoms with Crippen molar-refractivity contribution in [1.82, 2.24) is 15.5 Å². The quantitative estimate of drug-likeness (QED) is 0.728. The van der Waals surface area contributed by atoms with E-state index < -0.39 is 17.7 Å². The maximum absolute atomic E-state index is 13.1. The number of anilines is 1. The van der Waals surface area contributed by atoms with Gasteiger partial charge in [-0.2, -0.15) is 4.98 Å². The average Bonchev–Trinajstić information content (AvgIpc) is 3.31. The maximum atomic E-state index is 13.1. The maximum Gasteiger partial charge on any atom is 0.319 e. The van der Waals surface area contributed by atoms with E-state index in [-0.39, 0.29) is 24.9 Å². The second-order valence-electron chi connectivity index (χ2n) is 5.52. The number of hydrogen-bond donors (Lipinski definition) is 2. The van der Waals surface area contributed by atoms with Gasteiger partial charge in [0.2, 0.25) is 18.5 Å². The number of hydrogen-bond acceptors (Lipinski definition) is 6. The number of carbonyl (C=O) groups is 1. The van der Waals surface area contributed by atoms with Crippen LogP contribution >= 0.6 is 0 Å². The summed E-state index contributed by atoms with van der Waals surface area (Å²) < 4.78 is 41.6. The van der Waals surface area contributed by atoms with Gasteiger partial charge in [-0.15, -0.1) is 0 Å². The summed E-state index contributed by atoms with van der Waals surface area (Å²) in [5, 5.41) is 8.70. The molecule has 0 fully saturated rings. The van der Waals surface area contributed by atoms with Crippen LogP contribution in [-0.4, -0.2) is 23.0 Å². The van der Waals surface area contributed by atoms with Gasteiger partial charge in [0.05, 0.1) is 6.54 Å². The summed E-state index contributed by atoms with van der Waals surface area (Å²) in [6.45, 7) is 0.111. The predicted octanol–water partition coefficient (Wildman–Crippen LogP) is 3.07. The van der Waals surface area contributed by atoms with Crippen molar-refractivity contribution in [3.8, 4) is 22.9 Å². The third kappa shape index (κ3) is 3.64. The number of ether oxygens (including phenoxy) is 2. The van der Waals surface area contributed by atoms with E-state index >= 15 is 0 Å². The van der Waals surface area contributed by atoms with E-state index in [2.05, 4.69) is 20.8 Å². The van der Waals surface area contributed by atoms with Gasteiger partial charge >= 0.3 is 6.03 Å². The lowest BCUT2D eigenvalue weighted by Crippen LogP contribution is -2.28. The molecule has 0 aliphatic carbocycles. The molecule has 0 saturated carbocycles. The molecule has 4 rings (SSSR count). The summed E-state index contributed by atoms with van der Waals surface area (Å²) in [7, 11) is 0. The van der Waals surface area contributed by atoms with Gasteiger partial charge in [-0.25, -0.2) is 13.6 Å². The monoisotopic (exact) mass is 374 g/mol. The molecule has 1 aliphatic heterocycles. The molecule has 27 heavy (non-hydrogen) atoms. The summed E-state index contributed by atoms with van der Waals surface area (Å²) in [6, 6.07) is 7.61. The molecule has 1 aromatic heterocycles. The minimum atomic E-state index is -1.06. The van der Waals surface area contributed by atoms with Crippen LogP contribution in [0, 0.1) is 11.6 Å². The third-order valence-electron chi connectivity index (χ3n) is 3.68. The lowest BCUT2D eigenvalue weighted by atomic mass is 10.2. The molecule has 0 bridgehead atoms. The molecule has 3 aromatic rings. The van der Waals surface area contributed by atoms with Gasteiger partial charge in [-0.3, -0.25) is 0 Å². The van der Waals surface area contributed by atoms with Gasteiger partial charge in [-0.05, 0) is 30.3 Å². The molecule has 2 amide bonds. The predicted molar refractivity (Wildman–Crippen MR) is 88.1 cm³/mol. The van der Waals surface area contributed by atoms with Crippen LogP contribution in [-0.2, 0) is 6.54 Å². The first kappa shape index (κ1) is 16.8. The molecule has 2 aromatic carbocycles. The average molecular weight is 374 g/mol. The second kappa shape index (κ2) is 6.90. The van der Waals surface area contributed by atoms with Crippen LogP contribution in [0.4, 0.5) is 19.3 Å². The second-order valence-corrected chi connectivity index (χ2v) is 5.52. The number of urea groups is 1. The van der Waals surface area contributed by atoms with Crippen molar-refractivity contribution in [3.05, 3.63) is 53.9 Å². The molecule has 2 heterocycles. The van der Waals surface area contributed by atoms with Crippen molar-refractivity contribution in [2.45, 2.75) is 6.54 Å². The Morgan fingerprint density at radius 3 is 2.78 bits per heavy atom. The van der Waals surface area contributed by atoms with E-state index in [1.165, 1.54) is 6.07 Å². The van der Waals surface area contributed by atoms with Gasteiger partial charge < -0.3 is 24.6 Å². The molecule has 0 spiro atoms. The first-order chi connectivity index (χ1) is 13.1. The van der Waals surface area contributed by atoms with Gasteiger partial charge in [0.15, 0.2) is 23.1 Å². The molecule has 0 radical (unpaired) electrons. The Morgan fingerprint density at radius 2 is 1.93 bits per heavy atom. The summed E-state index contributed by atoms with van der Waals surface area (Å²) in [5.41, 5.74) is 0.776. The lowest BCUT2D eigenvalue weighted by Gasteiger charge is -2.06. The standard InChI is InChI=1S/C17H12F2N4O4/c18-11-3-2-10(6-12(11)19)21-17(24)20-7-15-22-16(23-27-15)9-1-4-13-14(5-9)26-8-25-13/h1-6H,7-8H2,(H2,20,21,24). The van der Waals surface area contributed by atoms with Crippen LogP contribution in [0.1, 0.15) is 5.89 Å². The zero-order valence-electron chi connectivity index (χ0n) is 13.7. The minimum absolute atomic E-state index is 0.0485. The normalized spacial score (nSPS) is 12.1. The highest BCUT2D eigenvalue weighted by Gasteiger charge is 2.17. The highest BCUT2D eigenvalue weighted by molar-refractivity contribution is 5.89. The number of nitrogens with one attached hydrogen (secondary N) is 2. The zero-order valence-corrected chi connectivity index (χ0v) is 13.7. The molecule has 8 nitrogen and oxygen atoms in total.